The molecule has 0 saturated carbocycles. The minimum atomic E-state index is -0.484. The van der Waals surface area contributed by atoms with Gasteiger partial charge in [-0.25, -0.2) is 0 Å². The molecule has 1 heterocycles. The average Bonchev–Trinajstić information content (AvgIpc) is 3.02. The molecule has 28 heavy (non-hydrogen) atoms. The number of nitrogens with one attached hydrogen (secondary N) is 1. The maximum atomic E-state index is 12.0. The van der Waals surface area contributed by atoms with Crippen molar-refractivity contribution in [1.82, 2.24) is 0 Å². The number of anilines is 2. The van der Waals surface area contributed by atoms with E-state index in [1.165, 1.54) is 4.90 Å². The van der Waals surface area contributed by atoms with Crippen LogP contribution in [0.5, 0.6) is 5.75 Å². The summed E-state index contributed by atoms with van der Waals surface area (Å²) in [6, 6.07) is 11.4. The minimum absolute atomic E-state index is 0.112. The topological polar surface area (TPSA) is 102 Å². The lowest BCUT2D eigenvalue weighted by Gasteiger charge is -2.16. The summed E-state index contributed by atoms with van der Waals surface area (Å²) in [5.74, 6) is -1.03. The minimum Gasteiger partial charge on any atom is -0.484 e. The largest absolute Gasteiger partial charge is 0.484 e. The van der Waals surface area contributed by atoms with Crippen LogP contribution in [0.3, 0.4) is 0 Å². The molecule has 1 atom stereocenters. The Hall–Kier alpha value is -2.77. The molecular weight excluding hydrogens is 405 g/mol. The molecule has 2 aromatic carbocycles. The molecule has 1 aliphatic heterocycles. The lowest BCUT2D eigenvalue weighted by Crippen LogP contribution is -2.28. The third-order valence-electron chi connectivity index (χ3n) is 4.19. The van der Waals surface area contributed by atoms with Crippen LogP contribution in [-0.2, 0) is 14.4 Å². The number of nitrogens with zero attached hydrogens (tertiary/aromatic N) is 1. The fourth-order valence-corrected chi connectivity index (χ4v) is 3.37. The summed E-state index contributed by atoms with van der Waals surface area (Å²) < 4.78 is 5.45. The third-order valence-corrected chi connectivity index (χ3v) is 4.63. The van der Waals surface area contributed by atoms with Crippen molar-refractivity contribution in [1.29, 1.82) is 0 Å². The van der Waals surface area contributed by atoms with Crippen LogP contribution in [0.4, 0.5) is 11.4 Å². The van der Waals surface area contributed by atoms with Crippen molar-refractivity contribution in [2.75, 3.05) is 23.4 Å². The van der Waals surface area contributed by atoms with E-state index in [2.05, 4.69) is 5.32 Å². The summed E-state index contributed by atoms with van der Waals surface area (Å²) >= 11 is 11.8. The van der Waals surface area contributed by atoms with E-state index < -0.39 is 11.8 Å². The summed E-state index contributed by atoms with van der Waals surface area (Å²) in [4.78, 5) is 36.8. The zero-order chi connectivity index (χ0) is 20.3. The zero-order valence-corrected chi connectivity index (χ0v) is 16.2. The first kappa shape index (κ1) is 20.0. The molecule has 0 aromatic heterocycles. The molecule has 3 N–H and O–H groups in total. The second kappa shape index (κ2) is 8.50. The summed E-state index contributed by atoms with van der Waals surface area (Å²) in [7, 11) is 0. The van der Waals surface area contributed by atoms with Gasteiger partial charge in [0.1, 0.15) is 5.75 Å². The monoisotopic (exact) mass is 421 g/mol. The maximum Gasteiger partial charge on any atom is 0.262 e. The number of amides is 3. The highest BCUT2D eigenvalue weighted by Crippen LogP contribution is 2.27. The van der Waals surface area contributed by atoms with E-state index >= 15 is 0 Å². The molecule has 7 nitrogen and oxygen atoms in total. The molecule has 9 heteroatoms. The molecule has 0 radical (unpaired) electrons. The third kappa shape index (κ3) is 4.94. The van der Waals surface area contributed by atoms with Crippen LogP contribution in [0.25, 0.3) is 0 Å². The number of ether oxygens (including phenoxy) is 1. The Labute approximate surface area is 171 Å². The Balaban J connectivity index is 1.55. The van der Waals surface area contributed by atoms with Crippen LogP contribution >= 0.6 is 23.2 Å². The van der Waals surface area contributed by atoms with E-state index in [0.29, 0.717) is 27.2 Å². The number of carbonyl (C=O) groups excluding carboxylic acids is 3. The number of rotatable bonds is 6. The lowest BCUT2D eigenvalue weighted by molar-refractivity contribution is -0.123. The van der Waals surface area contributed by atoms with Gasteiger partial charge in [-0.1, -0.05) is 23.2 Å². The Morgan fingerprint density at radius 2 is 1.79 bits per heavy atom. The fraction of sp³-hybridized carbons (Fsp3) is 0.211. The van der Waals surface area contributed by atoms with Gasteiger partial charge < -0.3 is 20.7 Å². The SMILES string of the molecule is NC(=O)C1CC(=O)N(c2ccc(OCC(=O)Nc3cc(Cl)cc(Cl)c3)cc2)C1. The number of benzene rings is 2. The highest BCUT2D eigenvalue weighted by molar-refractivity contribution is 6.35. The van der Waals surface area contributed by atoms with Crippen molar-refractivity contribution in [3.63, 3.8) is 0 Å². The van der Waals surface area contributed by atoms with Crippen LogP contribution in [0.15, 0.2) is 42.5 Å². The highest BCUT2D eigenvalue weighted by Gasteiger charge is 2.33. The first-order valence-electron chi connectivity index (χ1n) is 8.40. The van der Waals surface area contributed by atoms with Crippen molar-refractivity contribution in [2.45, 2.75) is 6.42 Å². The molecule has 0 aliphatic carbocycles. The molecule has 1 aliphatic rings. The summed E-state index contributed by atoms with van der Waals surface area (Å²) in [5.41, 5.74) is 6.38. The van der Waals surface area contributed by atoms with Crippen molar-refractivity contribution in [3.05, 3.63) is 52.5 Å². The first-order valence-corrected chi connectivity index (χ1v) is 9.16. The Morgan fingerprint density at radius 1 is 1.14 bits per heavy atom. The van der Waals surface area contributed by atoms with Crippen LogP contribution in [-0.4, -0.2) is 30.9 Å². The average molecular weight is 422 g/mol. The second-order valence-electron chi connectivity index (χ2n) is 6.30. The summed E-state index contributed by atoms with van der Waals surface area (Å²) in [6.07, 6.45) is 0.112. The van der Waals surface area contributed by atoms with Crippen LogP contribution in [0.2, 0.25) is 10.0 Å². The standard InChI is InChI=1S/C19H17Cl2N3O4/c20-12-6-13(21)8-14(7-12)23-17(25)10-28-16-3-1-15(2-4-16)24-9-11(19(22)27)5-18(24)26/h1-4,6-8,11H,5,9-10H2,(H2,22,27)(H,23,25). The molecule has 2 aromatic rings. The molecule has 0 bridgehead atoms. The molecule has 1 unspecified atom stereocenters. The van der Waals surface area contributed by atoms with Gasteiger partial charge in [0.2, 0.25) is 11.8 Å². The summed E-state index contributed by atoms with van der Waals surface area (Å²) in [5, 5.41) is 3.46. The van der Waals surface area contributed by atoms with Crippen molar-refractivity contribution < 1.29 is 19.1 Å². The number of hydrogen-bond donors (Lipinski definition) is 2. The number of hydrogen-bond acceptors (Lipinski definition) is 4. The van der Waals surface area contributed by atoms with E-state index in [1.807, 2.05) is 0 Å². The van der Waals surface area contributed by atoms with Gasteiger partial charge in [0, 0.05) is 34.4 Å². The molecule has 3 amide bonds. The van der Waals surface area contributed by atoms with Gasteiger partial charge in [0.05, 0.1) is 5.92 Å². The number of nitrogens with two attached hydrogens (primary N) is 1. The molecule has 3 rings (SSSR count). The first-order chi connectivity index (χ1) is 13.3. The second-order valence-corrected chi connectivity index (χ2v) is 7.17. The van der Waals surface area contributed by atoms with Crippen molar-refractivity contribution in [3.8, 4) is 5.75 Å². The van der Waals surface area contributed by atoms with E-state index in [-0.39, 0.29) is 31.4 Å². The van der Waals surface area contributed by atoms with E-state index in [0.717, 1.165) is 0 Å². The van der Waals surface area contributed by atoms with E-state index in [1.54, 1.807) is 42.5 Å². The smallest absolute Gasteiger partial charge is 0.262 e. The molecule has 146 valence electrons. The molecule has 1 saturated heterocycles. The summed E-state index contributed by atoms with van der Waals surface area (Å²) in [6.45, 7) is 0.0504. The predicted octanol–water partition coefficient (Wildman–Crippen LogP) is 2.85. The van der Waals surface area contributed by atoms with Gasteiger partial charge in [0.25, 0.3) is 5.91 Å². The van der Waals surface area contributed by atoms with Crippen LogP contribution in [0, 0.1) is 5.92 Å². The van der Waals surface area contributed by atoms with Gasteiger partial charge in [-0.05, 0) is 42.5 Å². The predicted molar refractivity (Wildman–Crippen MR) is 107 cm³/mol. The fourth-order valence-electron chi connectivity index (χ4n) is 2.84. The van der Waals surface area contributed by atoms with Gasteiger partial charge in [0.15, 0.2) is 6.61 Å². The van der Waals surface area contributed by atoms with Gasteiger partial charge in [-0.2, -0.15) is 0 Å². The van der Waals surface area contributed by atoms with Crippen molar-refractivity contribution in [2.24, 2.45) is 11.7 Å². The van der Waals surface area contributed by atoms with E-state index in [4.69, 9.17) is 33.7 Å². The Kier molecular flexibility index (Phi) is 6.06. The van der Waals surface area contributed by atoms with Gasteiger partial charge in [-0.3, -0.25) is 14.4 Å². The normalized spacial score (nSPS) is 16.1. The Bertz CT molecular complexity index is 898. The molecular formula is C19H17Cl2N3O4. The number of halogens is 2. The van der Waals surface area contributed by atoms with Gasteiger partial charge in [-0.15, -0.1) is 0 Å². The van der Waals surface area contributed by atoms with E-state index in [9.17, 15) is 14.4 Å². The van der Waals surface area contributed by atoms with Crippen LogP contribution in [0.1, 0.15) is 6.42 Å². The number of primary amides is 1. The molecule has 0 spiro atoms. The number of carbonyl (C=O) groups is 3. The lowest BCUT2D eigenvalue weighted by atomic mass is 10.1. The highest BCUT2D eigenvalue weighted by atomic mass is 35.5. The van der Waals surface area contributed by atoms with Gasteiger partial charge >= 0.3 is 0 Å². The maximum absolute atomic E-state index is 12.0. The van der Waals surface area contributed by atoms with Crippen molar-refractivity contribution >= 4 is 52.3 Å². The van der Waals surface area contributed by atoms with Crippen LogP contribution < -0.4 is 20.7 Å². The quantitative estimate of drug-likeness (QED) is 0.748. The Morgan fingerprint density at radius 3 is 2.36 bits per heavy atom. The zero-order valence-electron chi connectivity index (χ0n) is 14.7. The molecule has 1 fully saturated rings.